The Morgan fingerprint density at radius 3 is 2.40 bits per heavy atom. The van der Waals surface area contributed by atoms with Crippen LogP contribution >= 0.6 is 0 Å². The number of hydrogen-bond donors (Lipinski definition) is 1. The van der Waals surface area contributed by atoms with Crippen molar-refractivity contribution in [1.29, 1.82) is 5.26 Å². The lowest BCUT2D eigenvalue weighted by Gasteiger charge is -2.15. The van der Waals surface area contributed by atoms with Crippen LogP contribution in [0.4, 0.5) is 0 Å². The molecular weight excluding hydrogens is 310 g/mol. The topological polar surface area (TPSA) is 57.8 Å². The fourth-order valence-electron chi connectivity index (χ4n) is 2.83. The van der Waals surface area contributed by atoms with Crippen LogP contribution < -0.4 is 5.32 Å². The van der Waals surface area contributed by atoms with Gasteiger partial charge in [0.1, 0.15) is 11.8 Å². The summed E-state index contributed by atoms with van der Waals surface area (Å²) in [7, 11) is 0. The minimum atomic E-state index is -0.251. The zero-order valence-electron chi connectivity index (χ0n) is 14.2. The van der Waals surface area contributed by atoms with E-state index in [1.165, 1.54) is 0 Å². The van der Waals surface area contributed by atoms with Gasteiger partial charge in [-0.3, -0.25) is 4.79 Å². The summed E-state index contributed by atoms with van der Waals surface area (Å²) in [6.45, 7) is 3.80. The molecule has 0 radical (unpaired) electrons. The van der Waals surface area contributed by atoms with Crippen molar-refractivity contribution in [2.45, 2.75) is 19.9 Å². The molecule has 1 amide bonds. The van der Waals surface area contributed by atoms with E-state index in [1.54, 1.807) is 16.8 Å². The third kappa shape index (κ3) is 3.31. The Balaban J connectivity index is 2.18. The summed E-state index contributed by atoms with van der Waals surface area (Å²) in [4.78, 5) is 12.7. The second-order valence-corrected chi connectivity index (χ2v) is 6.07. The van der Waals surface area contributed by atoms with E-state index < -0.39 is 0 Å². The number of nitrogens with one attached hydrogen (secondary N) is 1. The van der Waals surface area contributed by atoms with Gasteiger partial charge in [-0.25, -0.2) is 0 Å². The van der Waals surface area contributed by atoms with E-state index in [4.69, 9.17) is 0 Å². The van der Waals surface area contributed by atoms with Gasteiger partial charge in [-0.15, -0.1) is 0 Å². The molecule has 124 valence electrons. The van der Waals surface area contributed by atoms with Gasteiger partial charge < -0.3 is 9.88 Å². The third-order valence-corrected chi connectivity index (χ3v) is 3.89. The number of para-hydroxylation sites is 1. The molecule has 1 heterocycles. The molecule has 4 heteroatoms. The quantitative estimate of drug-likeness (QED) is 0.781. The van der Waals surface area contributed by atoms with E-state index in [2.05, 4.69) is 11.4 Å². The molecule has 0 unspecified atom stereocenters. The van der Waals surface area contributed by atoms with Crippen molar-refractivity contribution >= 4 is 5.91 Å². The van der Waals surface area contributed by atoms with Crippen molar-refractivity contribution in [2.24, 2.45) is 0 Å². The van der Waals surface area contributed by atoms with Crippen molar-refractivity contribution < 1.29 is 4.79 Å². The Morgan fingerprint density at radius 2 is 1.72 bits per heavy atom. The molecule has 1 N–H and O–H groups in total. The molecule has 3 rings (SSSR count). The van der Waals surface area contributed by atoms with E-state index in [-0.39, 0.29) is 11.9 Å². The predicted molar refractivity (Wildman–Crippen MR) is 98.5 cm³/mol. The number of carbonyl (C=O) groups excluding carboxylic acids is 1. The van der Waals surface area contributed by atoms with Crippen molar-refractivity contribution in [3.63, 3.8) is 0 Å². The van der Waals surface area contributed by atoms with Crippen LogP contribution in [0.5, 0.6) is 0 Å². The number of nitriles is 1. The fourth-order valence-corrected chi connectivity index (χ4v) is 2.83. The van der Waals surface area contributed by atoms with Crippen molar-refractivity contribution in [2.75, 3.05) is 0 Å². The van der Waals surface area contributed by atoms with Gasteiger partial charge in [0.2, 0.25) is 0 Å². The Kier molecular flexibility index (Phi) is 4.67. The summed E-state index contributed by atoms with van der Waals surface area (Å²) in [5, 5.41) is 12.3. The minimum absolute atomic E-state index is 0.00763. The van der Waals surface area contributed by atoms with Gasteiger partial charge in [0.15, 0.2) is 0 Å². The van der Waals surface area contributed by atoms with Gasteiger partial charge in [-0.05, 0) is 31.5 Å². The molecular formula is C21H19N3O. The van der Waals surface area contributed by atoms with Crippen molar-refractivity contribution in [3.8, 4) is 22.9 Å². The maximum Gasteiger partial charge on any atom is 0.269 e. The minimum Gasteiger partial charge on any atom is -0.349 e. The molecule has 0 saturated carbocycles. The zero-order chi connectivity index (χ0) is 17.8. The highest BCUT2D eigenvalue weighted by atomic mass is 16.2. The standard InChI is InChI=1S/C21H19N3O/c1-15(2)23-21(25)20-17(14-22)12-13-24(20)19-11-7-6-10-18(19)16-8-4-3-5-9-16/h3-13,15H,1-2H3,(H,23,25). The number of rotatable bonds is 4. The van der Waals surface area contributed by atoms with Crippen LogP contribution in [-0.2, 0) is 0 Å². The second kappa shape index (κ2) is 7.06. The number of nitrogens with zero attached hydrogens (tertiary/aromatic N) is 2. The highest BCUT2D eigenvalue weighted by molar-refractivity contribution is 5.96. The number of benzene rings is 2. The average Bonchev–Trinajstić information content (AvgIpc) is 3.06. The van der Waals surface area contributed by atoms with Crippen LogP contribution in [0.1, 0.15) is 29.9 Å². The van der Waals surface area contributed by atoms with Crippen LogP contribution in [0.15, 0.2) is 66.9 Å². The van der Waals surface area contributed by atoms with Gasteiger partial charge in [0.25, 0.3) is 5.91 Å². The largest absolute Gasteiger partial charge is 0.349 e. The zero-order valence-corrected chi connectivity index (χ0v) is 14.2. The summed E-state index contributed by atoms with van der Waals surface area (Å²) in [5.74, 6) is -0.251. The molecule has 1 aromatic heterocycles. The van der Waals surface area contributed by atoms with E-state index >= 15 is 0 Å². The number of aromatic nitrogens is 1. The smallest absolute Gasteiger partial charge is 0.269 e. The fraction of sp³-hybridized carbons (Fsp3) is 0.143. The van der Waals surface area contributed by atoms with E-state index in [0.717, 1.165) is 16.8 Å². The molecule has 2 aromatic carbocycles. The van der Waals surface area contributed by atoms with E-state index in [9.17, 15) is 10.1 Å². The lowest BCUT2D eigenvalue weighted by atomic mass is 10.0. The van der Waals surface area contributed by atoms with Crippen molar-refractivity contribution in [1.82, 2.24) is 9.88 Å². The third-order valence-electron chi connectivity index (χ3n) is 3.89. The normalized spacial score (nSPS) is 10.5. The van der Waals surface area contributed by atoms with Crippen molar-refractivity contribution in [3.05, 3.63) is 78.1 Å². The predicted octanol–water partition coefficient (Wildman–Crippen LogP) is 4.15. The van der Waals surface area contributed by atoms with Gasteiger partial charge in [0.05, 0.1) is 11.3 Å². The number of carbonyl (C=O) groups is 1. The first-order valence-electron chi connectivity index (χ1n) is 8.19. The SMILES string of the molecule is CC(C)NC(=O)c1c(C#N)ccn1-c1ccccc1-c1ccccc1. The Morgan fingerprint density at radius 1 is 1.04 bits per heavy atom. The van der Waals surface area contributed by atoms with Gasteiger partial charge >= 0.3 is 0 Å². The Bertz CT molecular complexity index is 933. The Labute approximate surface area is 147 Å². The summed E-state index contributed by atoms with van der Waals surface area (Å²) >= 11 is 0. The first kappa shape index (κ1) is 16.5. The van der Waals surface area contributed by atoms with Crippen LogP contribution in [0.25, 0.3) is 16.8 Å². The maximum absolute atomic E-state index is 12.7. The lowest BCUT2D eigenvalue weighted by Crippen LogP contribution is -2.32. The molecule has 0 atom stereocenters. The molecule has 0 aliphatic carbocycles. The Hall–Kier alpha value is -3.32. The molecule has 3 aromatic rings. The van der Waals surface area contributed by atoms with E-state index in [1.807, 2.05) is 68.4 Å². The molecule has 25 heavy (non-hydrogen) atoms. The highest BCUT2D eigenvalue weighted by Gasteiger charge is 2.20. The monoisotopic (exact) mass is 329 g/mol. The first-order chi connectivity index (χ1) is 12.1. The summed E-state index contributed by atoms with van der Waals surface area (Å²) in [5.41, 5.74) is 3.65. The first-order valence-corrected chi connectivity index (χ1v) is 8.19. The van der Waals surface area contributed by atoms with Gasteiger partial charge in [-0.1, -0.05) is 48.5 Å². The number of amides is 1. The lowest BCUT2D eigenvalue weighted by molar-refractivity contribution is 0.0936. The maximum atomic E-state index is 12.7. The second-order valence-electron chi connectivity index (χ2n) is 6.07. The molecule has 0 spiro atoms. The van der Waals surface area contributed by atoms with Crippen LogP contribution in [0.2, 0.25) is 0 Å². The molecule has 0 aliphatic heterocycles. The number of hydrogen-bond acceptors (Lipinski definition) is 2. The van der Waals surface area contributed by atoms with Crippen LogP contribution in [0, 0.1) is 11.3 Å². The van der Waals surface area contributed by atoms with Gasteiger partial charge in [0, 0.05) is 17.8 Å². The van der Waals surface area contributed by atoms with Crippen LogP contribution in [0.3, 0.4) is 0 Å². The summed E-state index contributed by atoms with van der Waals surface area (Å²) < 4.78 is 1.79. The molecule has 0 aliphatic rings. The van der Waals surface area contributed by atoms with Crippen LogP contribution in [-0.4, -0.2) is 16.5 Å². The summed E-state index contributed by atoms with van der Waals surface area (Å²) in [6, 6.07) is 21.6. The van der Waals surface area contributed by atoms with Gasteiger partial charge in [-0.2, -0.15) is 5.26 Å². The average molecular weight is 329 g/mol. The molecule has 0 saturated heterocycles. The highest BCUT2D eigenvalue weighted by Crippen LogP contribution is 2.28. The van der Waals surface area contributed by atoms with E-state index in [0.29, 0.717) is 11.3 Å². The molecule has 0 fully saturated rings. The summed E-state index contributed by atoms with van der Waals surface area (Å²) in [6.07, 6.45) is 1.77. The molecule has 4 nitrogen and oxygen atoms in total. The molecule has 0 bridgehead atoms.